The van der Waals surface area contributed by atoms with E-state index in [1.807, 2.05) is 24.5 Å². The van der Waals surface area contributed by atoms with Crippen molar-refractivity contribution in [3.8, 4) is 5.75 Å². The maximum atomic E-state index is 12.7. The Morgan fingerprint density at radius 1 is 1.39 bits per heavy atom. The van der Waals surface area contributed by atoms with Gasteiger partial charge in [0.15, 0.2) is 5.16 Å². The minimum Gasteiger partial charge on any atom is -0.491 e. The van der Waals surface area contributed by atoms with Crippen molar-refractivity contribution in [3.05, 3.63) is 47.3 Å². The second kappa shape index (κ2) is 6.97. The summed E-state index contributed by atoms with van der Waals surface area (Å²) in [6.07, 6.45) is 4.99. The highest BCUT2D eigenvalue weighted by Gasteiger charge is 2.21. The maximum Gasteiger partial charge on any atom is 0.257 e. The van der Waals surface area contributed by atoms with Crippen LogP contribution >= 0.6 is 11.8 Å². The molecule has 1 N–H and O–H groups in total. The molecule has 1 aliphatic rings. The number of ether oxygens (including phenoxy) is 1. The first kappa shape index (κ1) is 15.8. The quantitative estimate of drug-likeness (QED) is 0.682. The molecule has 0 spiro atoms. The van der Waals surface area contributed by atoms with Crippen LogP contribution < -0.4 is 4.74 Å². The zero-order chi connectivity index (χ0) is 16.2. The molecule has 2 heterocycles. The smallest absolute Gasteiger partial charge is 0.257 e. The number of thioether (sulfide) groups is 1. The number of aromatic nitrogens is 2. The molecule has 1 amide bonds. The van der Waals surface area contributed by atoms with Crippen molar-refractivity contribution in [2.24, 2.45) is 0 Å². The van der Waals surface area contributed by atoms with Crippen LogP contribution in [0.3, 0.4) is 0 Å². The number of carbonyl (C=O) groups is 1. The largest absolute Gasteiger partial charge is 0.491 e. The van der Waals surface area contributed by atoms with Gasteiger partial charge in [-0.05, 0) is 24.0 Å². The summed E-state index contributed by atoms with van der Waals surface area (Å²) in [5, 5.41) is 9.91. The van der Waals surface area contributed by atoms with Crippen LogP contribution in [0.1, 0.15) is 21.5 Å². The Morgan fingerprint density at radius 3 is 2.87 bits per heavy atom. The molecule has 120 valence electrons. The van der Waals surface area contributed by atoms with Crippen molar-refractivity contribution in [1.29, 1.82) is 0 Å². The van der Waals surface area contributed by atoms with E-state index < -0.39 is 0 Å². The fourth-order valence-electron chi connectivity index (χ4n) is 2.43. The van der Waals surface area contributed by atoms with Crippen LogP contribution in [-0.4, -0.2) is 45.3 Å². The van der Waals surface area contributed by atoms with Crippen molar-refractivity contribution in [1.82, 2.24) is 14.9 Å². The predicted molar refractivity (Wildman–Crippen MR) is 86.4 cm³/mol. The van der Waals surface area contributed by atoms with Crippen LogP contribution in [0.25, 0.3) is 0 Å². The lowest BCUT2D eigenvalue weighted by atomic mass is 10.1. The fourth-order valence-corrected chi connectivity index (χ4v) is 2.75. The number of rotatable bonds is 3. The molecule has 1 aromatic heterocycles. The van der Waals surface area contributed by atoms with Crippen LogP contribution in [0.2, 0.25) is 0 Å². The molecule has 0 saturated carbocycles. The second-order valence-electron chi connectivity index (χ2n) is 5.13. The zero-order valence-corrected chi connectivity index (χ0v) is 13.5. The van der Waals surface area contributed by atoms with E-state index in [-0.39, 0.29) is 12.5 Å². The van der Waals surface area contributed by atoms with Gasteiger partial charge in [0.1, 0.15) is 12.4 Å². The minimum absolute atomic E-state index is 0.0365. The number of hydrogen-bond donors (Lipinski definition) is 1. The van der Waals surface area contributed by atoms with Crippen molar-refractivity contribution in [2.45, 2.75) is 18.3 Å². The van der Waals surface area contributed by atoms with Crippen molar-refractivity contribution in [2.75, 3.05) is 19.4 Å². The van der Waals surface area contributed by atoms with E-state index in [0.717, 1.165) is 16.9 Å². The van der Waals surface area contributed by atoms with Gasteiger partial charge in [-0.15, -0.1) is 0 Å². The SMILES string of the molecule is CSc1ncc(C(=O)N2CCOc3ccc(CO)cc3C2)cn1. The van der Waals surface area contributed by atoms with Crippen LogP contribution in [0.4, 0.5) is 0 Å². The molecule has 6 nitrogen and oxygen atoms in total. The van der Waals surface area contributed by atoms with Gasteiger partial charge in [0.25, 0.3) is 5.91 Å². The molecular weight excluding hydrogens is 314 g/mol. The molecule has 0 saturated heterocycles. The Labute approximate surface area is 138 Å². The lowest BCUT2D eigenvalue weighted by Crippen LogP contribution is -2.32. The van der Waals surface area contributed by atoms with Gasteiger partial charge in [-0.25, -0.2) is 9.97 Å². The molecule has 2 aromatic rings. The number of amides is 1. The standard InChI is InChI=1S/C16H17N3O3S/c1-23-16-17-7-13(8-18-16)15(21)19-4-5-22-14-3-2-11(10-20)6-12(14)9-19/h2-3,6-8,20H,4-5,9-10H2,1H3. The molecule has 23 heavy (non-hydrogen) atoms. The van der Waals surface area contributed by atoms with E-state index in [2.05, 4.69) is 9.97 Å². The first-order valence-corrected chi connectivity index (χ1v) is 8.44. The number of benzene rings is 1. The fraction of sp³-hybridized carbons (Fsp3) is 0.312. The van der Waals surface area contributed by atoms with Crippen molar-refractivity contribution in [3.63, 3.8) is 0 Å². The number of nitrogens with zero attached hydrogens (tertiary/aromatic N) is 3. The van der Waals surface area contributed by atoms with Gasteiger partial charge in [-0.2, -0.15) is 0 Å². The van der Waals surface area contributed by atoms with Crippen LogP contribution in [0, 0.1) is 0 Å². The lowest BCUT2D eigenvalue weighted by Gasteiger charge is -2.19. The Hall–Kier alpha value is -2.12. The van der Waals surface area contributed by atoms with E-state index in [1.165, 1.54) is 11.8 Å². The third-order valence-electron chi connectivity index (χ3n) is 3.63. The average Bonchev–Trinajstić information content (AvgIpc) is 2.82. The Bertz CT molecular complexity index is 706. The normalized spacial score (nSPS) is 13.9. The Morgan fingerprint density at radius 2 is 2.17 bits per heavy atom. The molecule has 1 aromatic carbocycles. The van der Waals surface area contributed by atoms with Gasteiger partial charge in [-0.3, -0.25) is 4.79 Å². The summed E-state index contributed by atoms with van der Waals surface area (Å²) >= 11 is 1.43. The first-order valence-electron chi connectivity index (χ1n) is 7.22. The van der Waals surface area contributed by atoms with E-state index in [9.17, 15) is 9.90 Å². The molecule has 3 rings (SSSR count). The summed E-state index contributed by atoms with van der Waals surface area (Å²) in [5.41, 5.74) is 2.16. The summed E-state index contributed by atoms with van der Waals surface area (Å²) in [4.78, 5) is 22.7. The first-order chi connectivity index (χ1) is 11.2. The molecule has 0 bridgehead atoms. The van der Waals surface area contributed by atoms with Crippen molar-refractivity contribution < 1.29 is 14.6 Å². The van der Waals surface area contributed by atoms with Gasteiger partial charge in [0, 0.05) is 24.5 Å². The van der Waals surface area contributed by atoms with Gasteiger partial charge in [0.05, 0.1) is 18.7 Å². The van der Waals surface area contributed by atoms with Gasteiger partial charge in [0.2, 0.25) is 0 Å². The molecule has 0 unspecified atom stereocenters. The summed E-state index contributed by atoms with van der Waals surface area (Å²) < 4.78 is 5.69. The number of hydrogen-bond acceptors (Lipinski definition) is 6. The molecule has 0 fully saturated rings. The van der Waals surface area contributed by atoms with E-state index in [4.69, 9.17) is 4.74 Å². The Balaban J connectivity index is 1.82. The molecule has 0 radical (unpaired) electrons. The van der Waals surface area contributed by atoms with Crippen molar-refractivity contribution >= 4 is 17.7 Å². The minimum atomic E-state index is -0.122. The van der Waals surface area contributed by atoms with Crippen LogP contribution in [0.5, 0.6) is 5.75 Å². The Kier molecular flexibility index (Phi) is 4.78. The van der Waals surface area contributed by atoms with Gasteiger partial charge in [-0.1, -0.05) is 17.8 Å². The summed E-state index contributed by atoms with van der Waals surface area (Å²) in [5.74, 6) is 0.634. The molecule has 0 atom stereocenters. The summed E-state index contributed by atoms with van der Waals surface area (Å²) in [6.45, 7) is 1.32. The van der Waals surface area contributed by atoms with Crippen LogP contribution in [-0.2, 0) is 13.2 Å². The monoisotopic (exact) mass is 331 g/mol. The predicted octanol–water partition coefficient (Wildman–Crippen LogP) is 1.73. The number of aliphatic hydroxyl groups is 1. The van der Waals surface area contributed by atoms with E-state index in [1.54, 1.807) is 17.3 Å². The summed E-state index contributed by atoms with van der Waals surface area (Å²) in [6, 6.07) is 5.53. The number of aliphatic hydroxyl groups excluding tert-OH is 1. The maximum absolute atomic E-state index is 12.7. The molecule has 1 aliphatic heterocycles. The average molecular weight is 331 g/mol. The van der Waals surface area contributed by atoms with E-state index in [0.29, 0.717) is 30.4 Å². The highest BCUT2D eigenvalue weighted by molar-refractivity contribution is 7.98. The highest BCUT2D eigenvalue weighted by Crippen LogP contribution is 2.25. The molecule has 0 aliphatic carbocycles. The topological polar surface area (TPSA) is 75.6 Å². The van der Waals surface area contributed by atoms with E-state index >= 15 is 0 Å². The van der Waals surface area contributed by atoms with Crippen LogP contribution in [0.15, 0.2) is 35.7 Å². The second-order valence-corrected chi connectivity index (χ2v) is 5.91. The number of carbonyl (C=O) groups excluding carboxylic acids is 1. The molecular formula is C16H17N3O3S. The third kappa shape index (κ3) is 3.46. The van der Waals surface area contributed by atoms with Gasteiger partial charge >= 0.3 is 0 Å². The zero-order valence-electron chi connectivity index (χ0n) is 12.7. The third-order valence-corrected chi connectivity index (χ3v) is 4.21. The van der Waals surface area contributed by atoms with Gasteiger partial charge < -0.3 is 14.7 Å². The molecule has 7 heteroatoms. The number of fused-ring (bicyclic) bond motifs is 1. The summed E-state index contributed by atoms with van der Waals surface area (Å²) in [7, 11) is 0. The lowest BCUT2D eigenvalue weighted by molar-refractivity contribution is 0.0732. The highest BCUT2D eigenvalue weighted by atomic mass is 32.2.